The van der Waals surface area contributed by atoms with Crippen LogP contribution in [-0.2, 0) is 6.54 Å². The number of imidazole rings is 1. The van der Waals surface area contributed by atoms with Gasteiger partial charge in [-0.05, 0) is 5.56 Å². The molecule has 17 heavy (non-hydrogen) atoms. The van der Waals surface area contributed by atoms with Crippen LogP contribution in [0.25, 0.3) is 11.2 Å². The average molecular weight is 226 g/mol. The first kappa shape index (κ1) is 8.69. The molecule has 0 bridgehead atoms. The van der Waals surface area contributed by atoms with Crippen LogP contribution in [0.1, 0.15) is 6.93 Å². The number of hydrogen-bond acceptors (Lipinski definition) is 4. The Kier molecular flexibility index (Phi) is 1.97. The topological polar surface area (TPSA) is 69.6 Å². The van der Waals surface area contributed by atoms with Gasteiger partial charge in [0.2, 0.25) is 5.95 Å². The van der Waals surface area contributed by atoms with Gasteiger partial charge in [0.05, 0.1) is 20.4 Å². The first-order valence-electron chi connectivity index (χ1n) is 5.73. The molecule has 0 unspecified atom stereocenters. The highest BCUT2D eigenvalue weighted by Crippen LogP contribution is 2.12. The maximum absolute atomic E-state index is 7.69. The van der Waals surface area contributed by atoms with Crippen molar-refractivity contribution in [3.05, 3.63) is 48.4 Å². The van der Waals surface area contributed by atoms with Crippen molar-refractivity contribution in [3.63, 3.8) is 0 Å². The fourth-order valence-corrected chi connectivity index (χ4v) is 1.71. The number of nitrogens with zero attached hydrogens (tertiary/aromatic N) is 4. The summed E-state index contributed by atoms with van der Waals surface area (Å²) in [6.45, 7) is 0.646. The van der Waals surface area contributed by atoms with E-state index in [9.17, 15) is 0 Å². The molecular weight excluding hydrogens is 214 g/mol. The summed E-state index contributed by atoms with van der Waals surface area (Å²) in [5, 5.41) is 0. The van der Waals surface area contributed by atoms with Crippen LogP contribution in [0.15, 0.2) is 42.8 Å². The zero-order valence-electron chi connectivity index (χ0n) is 10.0. The zero-order chi connectivity index (χ0) is 12.5. The SMILES string of the molecule is [2H]c1nc(N)nc2c1ncn2Cc1ccccc1. The normalized spacial score (nSPS) is 11.6. The number of benzene rings is 1. The van der Waals surface area contributed by atoms with Crippen molar-refractivity contribution < 1.29 is 1.37 Å². The van der Waals surface area contributed by atoms with E-state index in [2.05, 4.69) is 15.0 Å². The predicted molar refractivity (Wildman–Crippen MR) is 65.3 cm³/mol. The molecule has 84 valence electrons. The van der Waals surface area contributed by atoms with Crippen LogP contribution in [0, 0.1) is 0 Å². The molecule has 0 aliphatic carbocycles. The van der Waals surface area contributed by atoms with E-state index in [0.717, 1.165) is 5.56 Å². The lowest BCUT2D eigenvalue weighted by molar-refractivity contribution is 0.814. The van der Waals surface area contributed by atoms with E-state index in [1.54, 1.807) is 6.33 Å². The highest BCUT2D eigenvalue weighted by molar-refractivity contribution is 5.70. The van der Waals surface area contributed by atoms with Crippen LogP contribution in [0.4, 0.5) is 5.95 Å². The van der Waals surface area contributed by atoms with Crippen LogP contribution >= 0.6 is 0 Å². The minimum Gasteiger partial charge on any atom is -0.368 e. The van der Waals surface area contributed by atoms with Crippen LogP contribution in [-0.4, -0.2) is 19.5 Å². The van der Waals surface area contributed by atoms with Crippen molar-refractivity contribution >= 4 is 17.1 Å². The average Bonchev–Trinajstić information content (AvgIpc) is 2.74. The van der Waals surface area contributed by atoms with Gasteiger partial charge in [-0.2, -0.15) is 4.98 Å². The number of nitrogens with two attached hydrogens (primary N) is 1. The Morgan fingerprint density at radius 3 is 2.88 bits per heavy atom. The van der Waals surface area contributed by atoms with Crippen molar-refractivity contribution in [2.75, 3.05) is 5.73 Å². The van der Waals surface area contributed by atoms with Gasteiger partial charge in [-0.3, -0.25) is 0 Å². The van der Waals surface area contributed by atoms with Gasteiger partial charge < -0.3 is 10.3 Å². The Bertz CT molecular complexity index is 692. The predicted octanol–water partition coefficient (Wildman–Crippen LogP) is 1.46. The summed E-state index contributed by atoms with van der Waals surface area (Å²) in [6, 6.07) is 9.98. The van der Waals surface area contributed by atoms with Crippen LogP contribution in [0.3, 0.4) is 0 Å². The first-order chi connectivity index (χ1) is 8.74. The maximum Gasteiger partial charge on any atom is 0.222 e. The molecular formula is C12H11N5. The van der Waals surface area contributed by atoms with Crippen molar-refractivity contribution in [2.24, 2.45) is 0 Å². The van der Waals surface area contributed by atoms with E-state index >= 15 is 0 Å². The molecule has 5 nitrogen and oxygen atoms in total. The van der Waals surface area contributed by atoms with Crippen molar-refractivity contribution in [2.45, 2.75) is 6.54 Å². The Morgan fingerprint density at radius 1 is 1.24 bits per heavy atom. The highest BCUT2D eigenvalue weighted by atomic mass is 15.1. The molecule has 0 amide bonds. The molecule has 3 rings (SSSR count). The lowest BCUT2D eigenvalue weighted by Crippen LogP contribution is -2.01. The smallest absolute Gasteiger partial charge is 0.222 e. The summed E-state index contributed by atoms with van der Waals surface area (Å²) in [4.78, 5) is 12.1. The van der Waals surface area contributed by atoms with Gasteiger partial charge in [-0.15, -0.1) is 0 Å². The molecule has 1 aromatic carbocycles. The van der Waals surface area contributed by atoms with Gasteiger partial charge in [0.15, 0.2) is 5.65 Å². The van der Waals surface area contributed by atoms with Gasteiger partial charge in [0.25, 0.3) is 0 Å². The molecule has 2 heterocycles. The fourth-order valence-electron chi connectivity index (χ4n) is 1.71. The lowest BCUT2D eigenvalue weighted by Gasteiger charge is -2.03. The Balaban J connectivity index is 2.08. The van der Waals surface area contributed by atoms with Crippen LogP contribution in [0.5, 0.6) is 0 Å². The van der Waals surface area contributed by atoms with Crippen molar-refractivity contribution in [1.82, 2.24) is 19.5 Å². The second kappa shape index (κ2) is 3.86. The number of hydrogen-bond donors (Lipinski definition) is 1. The molecule has 0 aliphatic rings. The Morgan fingerprint density at radius 2 is 2.06 bits per heavy atom. The molecule has 0 saturated carbocycles. The summed E-state index contributed by atoms with van der Waals surface area (Å²) in [7, 11) is 0. The largest absolute Gasteiger partial charge is 0.368 e. The molecule has 0 aliphatic heterocycles. The Hall–Kier alpha value is -2.43. The minimum absolute atomic E-state index is 0.0595. The van der Waals surface area contributed by atoms with E-state index in [-0.39, 0.29) is 12.1 Å². The third kappa shape index (κ3) is 1.82. The number of aromatic nitrogens is 4. The quantitative estimate of drug-likeness (QED) is 0.718. The third-order valence-corrected chi connectivity index (χ3v) is 2.50. The molecule has 0 radical (unpaired) electrons. The van der Waals surface area contributed by atoms with Gasteiger partial charge in [0.1, 0.15) is 5.52 Å². The van der Waals surface area contributed by atoms with E-state index in [1.165, 1.54) is 0 Å². The van der Waals surface area contributed by atoms with E-state index in [1.807, 2.05) is 34.9 Å². The molecule has 2 N–H and O–H groups in total. The number of nitrogen functional groups attached to an aromatic ring is 1. The van der Waals surface area contributed by atoms with E-state index in [4.69, 9.17) is 7.10 Å². The number of anilines is 1. The maximum atomic E-state index is 7.69. The third-order valence-electron chi connectivity index (χ3n) is 2.50. The standard InChI is InChI=1S/C12H11N5/c13-12-14-6-10-11(16-12)17(8-15-10)7-9-4-2-1-3-5-9/h1-6,8H,7H2,(H2,13,14,16)/i6D. The van der Waals surface area contributed by atoms with E-state index in [0.29, 0.717) is 17.7 Å². The number of rotatable bonds is 2. The number of fused-ring (bicyclic) bond motifs is 1. The second-order valence-electron chi connectivity index (χ2n) is 3.72. The molecule has 5 heteroatoms. The fraction of sp³-hybridized carbons (Fsp3) is 0.0833. The lowest BCUT2D eigenvalue weighted by atomic mass is 10.2. The highest BCUT2D eigenvalue weighted by Gasteiger charge is 2.05. The first-order valence-corrected chi connectivity index (χ1v) is 5.23. The van der Waals surface area contributed by atoms with Gasteiger partial charge in [-0.25, -0.2) is 9.97 Å². The summed E-state index contributed by atoms with van der Waals surface area (Å²) in [5.74, 6) is 0.0994. The minimum atomic E-state index is 0.0595. The second-order valence-corrected chi connectivity index (χ2v) is 3.72. The Labute approximate surface area is 99.4 Å². The van der Waals surface area contributed by atoms with Gasteiger partial charge in [-0.1, -0.05) is 30.3 Å². The van der Waals surface area contributed by atoms with Crippen LogP contribution < -0.4 is 5.73 Å². The summed E-state index contributed by atoms with van der Waals surface area (Å²) < 4.78 is 9.55. The van der Waals surface area contributed by atoms with Crippen molar-refractivity contribution in [3.8, 4) is 0 Å². The van der Waals surface area contributed by atoms with Crippen molar-refractivity contribution in [1.29, 1.82) is 0 Å². The molecule has 3 aromatic rings. The molecule has 0 spiro atoms. The molecule has 0 fully saturated rings. The monoisotopic (exact) mass is 226 g/mol. The summed E-state index contributed by atoms with van der Waals surface area (Å²) in [5.41, 5.74) is 7.77. The molecule has 2 aromatic heterocycles. The van der Waals surface area contributed by atoms with Gasteiger partial charge in [0, 0.05) is 0 Å². The zero-order valence-corrected chi connectivity index (χ0v) is 9.04. The van der Waals surface area contributed by atoms with E-state index < -0.39 is 0 Å². The van der Waals surface area contributed by atoms with Gasteiger partial charge >= 0.3 is 0 Å². The van der Waals surface area contributed by atoms with Crippen LogP contribution in [0.2, 0.25) is 0 Å². The molecule has 0 atom stereocenters. The summed E-state index contributed by atoms with van der Waals surface area (Å²) in [6.07, 6.45) is 1.72. The summed E-state index contributed by atoms with van der Waals surface area (Å²) >= 11 is 0. The molecule has 0 saturated heterocycles.